The lowest BCUT2D eigenvalue weighted by Gasteiger charge is -2.22. The van der Waals surface area contributed by atoms with Gasteiger partial charge in [-0.15, -0.1) is 0 Å². The molecule has 5 rings (SSSR count). The summed E-state index contributed by atoms with van der Waals surface area (Å²) in [4.78, 5) is 10.6. The number of hydrogen-bond donors (Lipinski definition) is 3. The molecule has 3 heterocycles. The molecule has 1 aliphatic rings. The average Bonchev–Trinajstić information content (AvgIpc) is 3.23. The van der Waals surface area contributed by atoms with Crippen LogP contribution in [0.25, 0.3) is 11.0 Å². The Kier molecular flexibility index (Phi) is 7.57. The first kappa shape index (κ1) is 25.8. The molecule has 0 radical (unpaired) electrons. The molecule has 1 saturated heterocycles. The van der Waals surface area contributed by atoms with E-state index in [0.29, 0.717) is 30.0 Å². The zero-order chi connectivity index (χ0) is 26.0. The highest BCUT2D eigenvalue weighted by Crippen LogP contribution is 2.34. The Balaban J connectivity index is 1.47. The fraction of sp³-hybridized carbons (Fsp3) is 0.370. The first-order chi connectivity index (χ1) is 17.8. The van der Waals surface area contributed by atoms with Gasteiger partial charge in [0.15, 0.2) is 11.5 Å². The van der Waals surface area contributed by atoms with Crippen molar-refractivity contribution in [2.24, 2.45) is 0 Å². The number of halogens is 1. The van der Waals surface area contributed by atoms with Gasteiger partial charge in [-0.1, -0.05) is 29.8 Å². The van der Waals surface area contributed by atoms with Gasteiger partial charge in [0.2, 0.25) is 5.95 Å². The van der Waals surface area contributed by atoms with Crippen LogP contribution in [-0.2, 0) is 4.74 Å². The lowest BCUT2D eigenvalue weighted by Crippen LogP contribution is -2.29. The van der Waals surface area contributed by atoms with Crippen LogP contribution in [0.2, 0.25) is 5.02 Å². The van der Waals surface area contributed by atoms with Crippen LogP contribution in [0.3, 0.4) is 0 Å². The molecule has 37 heavy (non-hydrogen) atoms. The Morgan fingerprint density at radius 2 is 1.86 bits per heavy atom. The van der Waals surface area contributed by atoms with Gasteiger partial charge in [-0.2, -0.15) is 10.1 Å². The van der Waals surface area contributed by atoms with E-state index in [4.69, 9.17) is 26.4 Å². The molecule has 194 valence electrons. The van der Waals surface area contributed by atoms with Crippen molar-refractivity contribution >= 4 is 57.7 Å². The molecule has 4 aromatic rings. The first-order valence-electron chi connectivity index (χ1n) is 12.4. The summed E-state index contributed by atoms with van der Waals surface area (Å²) in [5.74, 6) is 1.21. The van der Waals surface area contributed by atoms with E-state index in [-0.39, 0.29) is 11.6 Å². The van der Waals surface area contributed by atoms with Crippen molar-refractivity contribution in [3.05, 3.63) is 59.2 Å². The van der Waals surface area contributed by atoms with Gasteiger partial charge in [0.1, 0.15) is 0 Å². The largest absolute Gasteiger partial charge is 0.381 e. The second-order valence-corrected chi connectivity index (χ2v) is 11.5. The van der Waals surface area contributed by atoms with Gasteiger partial charge in [0, 0.05) is 35.5 Å². The van der Waals surface area contributed by atoms with Gasteiger partial charge >= 0.3 is 0 Å². The quantitative estimate of drug-likeness (QED) is 0.217. The molecule has 2 aromatic carbocycles. The molecule has 3 N–H and O–H groups in total. The Morgan fingerprint density at radius 1 is 1.08 bits per heavy atom. The standard InChI is InChI=1S/C27H32ClN7OS/c1-17-7-5-10-22(28)23(17)31-24-21-16-29-26(32-25(21)35(33-24)19-11-13-36-14-12-19)30-18-8-6-9-20(15-18)37-34-27(2,3)4/h5-10,15-16,19,34H,11-14H2,1-4H3,(H,31,33)(H,29,30,32). The predicted octanol–water partition coefficient (Wildman–Crippen LogP) is 7.02. The molecule has 0 unspecified atom stereocenters. The summed E-state index contributed by atoms with van der Waals surface area (Å²) in [6.45, 7) is 9.87. The van der Waals surface area contributed by atoms with Crippen molar-refractivity contribution < 1.29 is 4.74 Å². The Morgan fingerprint density at radius 3 is 2.62 bits per heavy atom. The predicted molar refractivity (Wildman–Crippen MR) is 152 cm³/mol. The maximum Gasteiger partial charge on any atom is 0.229 e. The Hall–Kier alpha value is -2.85. The van der Waals surface area contributed by atoms with E-state index in [1.807, 2.05) is 48.1 Å². The van der Waals surface area contributed by atoms with E-state index in [1.165, 1.54) is 0 Å². The summed E-state index contributed by atoms with van der Waals surface area (Å²) in [7, 11) is 0. The number of anilines is 4. The molecule has 0 atom stereocenters. The Labute approximate surface area is 226 Å². The van der Waals surface area contributed by atoms with Crippen molar-refractivity contribution in [1.82, 2.24) is 24.5 Å². The smallest absolute Gasteiger partial charge is 0.229 e. The van der Waals surface area contributed by atoms with E-state index in [0.717, 1.165) is 45.7 Å². The highest BCUT2D eigenvalue weighted by molar-refractivity contribution is 7.97. The van der Waals surface area contributed by atoms with E-state index < -0.39 is 0 Å². The molecule has 0 saturated carbocycles. The molecule has 0 bridgehead atoms. The van der Waals surface area contributed by atoms with Crippen molar-refractivity contribution in [1.29, 1.82) is 0 Å². The minimum Gasteiger partial charge on any atom is -0.381 e. The maximum absolute atomic E-state index is 6.50. The molecular weight excluding hydrogens is 506 g/mol. The van der Waals surface area contributed by atoms with E-state index in [9.17, 15) is 0 Å². The van der Waals surface area contributed by atoms with Gasteiger partial charge in [-0.3, -0.25) is 4.72 Å². The first-order valence-corrected chi connectivity index (χ1v) is 13.6. The molecule has 2 aromatic heterocycles. The number of hydrogen-bond acceptors (Lipinski definition) is 8. The molecule has 10 heteroatoms. The second-order valence-electron chi connectivity index (χ2n) is 10.2. The van der Waals surface area contributed by atoms with Crippen molar-refractivity contribution in [3.8, 4) is 0 Å². The Bertz CT molecular complexity index is 1380. The minimum absolute atomic E-state index is 0.0130. The highest BCUT2D eigenvalue weighted by Gasteiger charge is 2.23. The fourth-order valence-electron chi connectivity index (χ4n) is 4.15. The van der Waals surface area contributed by atoms with Crippen LogP contribution < -0.4 is 15.4 Å². The summed E-state index contributed by atoms with van der Waals surface area (Å²) in [5.41, 5.74) is 3.58. The summed E-state index contributed by atoms with van der Waals surface area (Å²) in [6, 6.07) is 14.2. The van der Waals surface area contributed by atoms with Gasteiger partial charge in [-0.25, -0.2) is 9.67 Å². The monoisotopic (exact) mass is 537 g/mol. The van der Waals surface area contributed by atoms with Crippen molar-refractivity contribution in [2.75, 3.05) is 23.8 Å². The maximum atomic E-state index is 6.50. The van der Waals surface area contributed by atoms with E-state index >= 15 is 0 Å². The molecule has 1 aliphatic heterocycles. The van der Waals surface area contributed by atoms with Crippen molar-refractivity contribution in [2.45, 2.75) is 57.0 Å². The summed E-state index contributed by atoms with van der Waals surface area (Å²) in [5, 5.41) is 13.2. The number of ether oxygens (including phenoxy) is 1. The summed E-state index contributed by atoms with van der Waals surface area (Å²) in [6.07, 6.45) is 3.59. The zero-order valence-electron chi connectivity index (χ0n) is 21.5. The van der Waals surface area contributed by atoms with Crippen LogP contribution in [-0.4, -0.2) is 38.5 Å². The van der Waals surface area contributed by atoms with Crippen LogP contribution >= 0.6 is 23.5 Å². The number of nitrogens with one attached hydrogen (secondary N) is 3. The minimum atomic E-state index is 0.0130. The van der Waals surface area contributed by atoms with Crippen LogP contribution in [0.1, 0.15) is 45.2 Å². The molecule has 1 fully saturated rings. The summed E-state index contributed by atoms with van der Waals surface area (Å²) >= 11 is 8.11. The molecule has 0 spiro atoms. The number of aromatic nitrogens is 4. The van der Waals surface area contributed by atoms with Gasteiger partial charge in [-0.05, 0) is 82.3 Å². The van der Waals surface area contributed by atoms with Crippen LogP contribution in [0.15, 0.2) is 53.6 Å². The van der Waals surface area contributed by atoms with Crippen LogP contribution in [0.5, 0.6) is 0 Å². The van der Waals surface area contributed by atoms with Gasteiger partial charge < -0.3 is 15.4 Å². The molecular formula is C27H32ClN7OS. The topological polar surface area (TPSA) is 88.9 Å². The SMILES string of the molecule is Cc1cccc(Cl)c1Nc1nn(C2CCOCC2)c2nc(Nc3cccc(SNC(C)(C)C)c3)ncc12. The highest BCUT2D eigenvalue weighted by atomic mass is 35.5. The molecule has 0 amide bonds. The second kappa shape index (κ2) is 10.9. The third-order valence-electron chi connectivity index (χ3n) is 6.02. The van der Waals surface area contributed by atoms with Crippen LogP contribution in [0, 0.1) is 6.92 Å². The van der Waals surface area contributed by atoms with Gasteiger partial charge in [0.05, 0.1) is 22.1 Å². The number of aryl methyl sites for hydroxylation is 1. The average molecular weight is 538 g/mol. The normalized spacial score (nSPS) is 14.7. The van der Waals surface area contributed by atoms with Crippen LogP contribution in [0.4, 0.5) is 23.1 Å². The lowest BCUT2D eigenvalue weighted by molar-refractivity contribution is 0.0674. The lowest BCUT2D eigenvalue weighted by atomic mass is 10.1. The van der Waals surface area contributed by atoms with E-state index in [1.54, 1.807) is 11.9 Å². The zero-order valence-corrected chi connectivity index (χ0v) is 23.1. The number of rotatable bonds is 7. The fourth-order valence-corrected chi connectivity index (χ4v) is 5.17. The third-order valence-corrected chi connectivity index (χ3v) is 7.53. The number of para-hydroxylation sites is 1. The van der Waals surface area contributed by atoms with Gasteiger partial charge in [0.25, 0.3) is 0 Å². The molecule has 0 aliphatic carbocycles. The third kappa shape index (κ3) is 6.18. The number of fused-ring (bicyclic) bond motifs is 1. The van der Waals surface area contributed by atoms with E-state index in [2.05, 4.69) is 53.2 Å². The molecule has 8 nitrogen and oxygen atoms in total. The number of nitrogens with zero attached hydrogens (tertiary/aromatic N) is 4. The van der Waals surface area contributed by atoms with Crippen molar-refractivity contribution in [3.63, 3.8) is 0 Å². The summed E-state index contributed by atoms with van der Waals surface area (Å²) < 4.78 is 11.1. The number of benzene rings is 2.